The molecule has 0 bridgehead atoms. The molecule has 0 aliphatic rings. The summed E-state index contributed by atoms with van der Waals surface area (Å²) in [7, 11) is 0. The zero-order chi connectivity index (χ0) is 48.8. The van der Waals surface area contributed by atoms with Gasteiger partial charge in [0.25, 0.3) is 0 Å². The summed E-state index contributed by atoms with van der Waals surface area (Å²) < 4.78 is 5.94. The van der Waals surface area contributed by atoms with Crippen LogP contribution in [0.1, 0.15) is 278 Å². The maximum absolute atomic E-state index is 13.3. The van der Waals surface area contributed by atoms with Crippen molar-refractivity contribution in [3.05, 3.63) is 72.9 Å². The fourth-order valence-corrected chi connectivity index (χ4v) is 8.52. The molecular formula is C61H109NO5. The molecule has 0 rings (SSSR count). The Balaban J connectivity index is 4.61. The number of carbonyl (C=O) groups excluding carboxylic acids is 2. The average Bonchev–Trinajstić information content (AvgIpc) is 3.32. The van der Waals surface area contributed by atoms with Crippen molar-refractivity contribution in [2.75, 3.05) is 6.61 Å². The number of nitrogens with one attached hydrogen (secondary N) is 1. The summed E-state index contributed by atoms with van der Waals surface area (Å²) >= 11 is 0. The number of hydrogen-bond donors (Lipinski definition) is 3. The average molecular weight is 937 g/mol. The molecular weight excluding hydrogens is 827 g/mol. The van der Waals surface area contributed by atoms with Crippen molar-refractivity contribution in [2.45, 2.75) is 296 Å². The van der Waals surface area contributed by atoms with E-state index in [1.807, 2.05) is 24.3 Å². The molecule has 67 heavy (non-hydrogen) atoms. The predicted octanol–water partition coefficient (Wildman–Crippen LogP) is 17.7. The highest BCUT2D eigenvalue weighted by Crippen LogP contribution is 2.18. The Hall–Kier alpha value is -2.70. The second-order valence-electron chi connectivity index (χ2n) is 19.5. The van der Waals surface area contributed by atoms with Gasteiger partial charge in [-0.05, 0) is 70.6 Å². The van der Waals surface area contributed by atoms with Gasteiger partial charge in [0.05, 0.1) is 25.2 Å². The van der Waals surface area contributed by atoms with E-state index < -0.39 is 18.2 Å². The van der Waals surface area contributed by atoms with Crippen LogP contribution in [0, 0.1) is 0 Å². The van der Waals surface area contributed by atoms with Gasteiger partial charge in [0.2, 0.25) is 5.91 Å². The first kappa shape index (κ1) is 64.3. The highest BCUT2D eigenvalue weighted by Gasteiger charge is 2.24. The summed E-state index contributed by atoms with van der Waals surface area (Å²) in [6, 6.07) is -0.715. The molecule has 0 fully saturated rings. The van der Waals surface area contributed by atoms with Gasteiger partial charge in [-0.25, -0.2) is 0 Å². The Morgan fingerprint density at radius 3 is 1.27 bits per heavy atom. The standard InChI is InChI=1S/C61H109NO5/c1-4-7-10-13-16-19-22-25-28-30-31-33-36-39-42-45-48-51-54-61(66)67-57(52-49-46-43-40-37-34-27-24-21-18-15-12-9-6-3)55-60(65)62-58(56-63)59(64)53-50-47-44-41-38-35-32-29-26-23-20-17-14-11-8-5-2/h10,13,16,19,22,25,28,30-31,33-34,37,57-59,63-64H,4-9,11-12,14-15,17-18,20-21,23-24,26-27,29,32,35-36,38-56H2,1-3H3,(H,62,65)/b13-10+,19-16+,25-22+,30-28+,33-31+,37-34+. The minimum atomic E-state index is -0.800. The normalized spacial score (nSPS) is 13.7. The van der Waals surface area contributed by atoms with E-state index in [4.69, 9.17) is 4.74 Å². The number of ether oxygens (including phenoxy) is 1. The van der Waals surface area contributed by atoms with E-state index >= 15 is 0 Å². The first-order valence-electron chi connectivity index (χ1n) is 28.7. The molecule has 0 heterocycles. The quantitative estimate of drug-likeness (QED) is 0.0244. The molecule has 0 spiro atoms. The molecule has 0 aliphatic heterocycles. The van der Waals surface area contributed by atoms with Gasteiger partial charge in [0.15, 0.2) is 0 Å². The van der Waals surface area contributed by atoms with Gasteiger partial charge >= 0.3 is 5.97 Å². The van der Waals surface area contributed by atoms with Crippen LogP contribution in [0.25, 0.3) is 0 Å². The Labute approximate surface area is 415 Å². The Morgan fingerprint density at radius 2 is 0.806 bits per heavy atom. The number of amides is 1. The second kappa shape index (κ2) is 54.2. The van der Waals surface area contributed by atoms with Crippen molar-refractivity contribution in [2.24, 2.45) is 0 Å². The van der Waals surface area contributed by atoms with E-state index in [1.54, 1.807) is 0 Å². The molecule has 0 radical (unpaired) electrons. The largest absolute Gasteiger partial charge is 0.462 e. The van der Waals surface area contributed by atoms with Crippen LogP contribution in [0.15, 0.2) is 72.9 Å². The van der Waals surface area contributed by atoms with Crippen LogP contribution in [0.4, 0.5) is 0 Å². The van der Waals surface area contributed by atoms with Crippen molar-refractivity contribution in [1.82, 2.24) is 5.32 Å². The summed E-state index contributed by atoms with van der Waals surface area (Å²) in [5, 5.41) is 23.9. The molecule has 6 nitrogen and oxygen atoms in total. The van der Waals surface area contributed by atoms with Gasteiger partial charge < -0.3 is 20.3 Å². The molecule has 0 aliphatic carbocycles. The smallest absolute Gasteiger partial charge is 0.306 e. The highest BCUT2D eigenvalue weighted by atomic mass is 16.5. The molecule has 0 aromatic carbocycles. The van der Waals surface area contributed by atoms with Crippen molar-refractivity contribution in [3.8, 4) is 0 Å². The van der Waals surface area contributed by atoms with Gasteiger partial charge in [-0.1, -0.05) is 267 Å². The molecule has 3 atom stereocenters. The number of allylic oxidation sites excluding steroid dienone is 12. The maximum atomic E-state index is 13.3. The molecule has 0 aromatic rings. The predicted molar refractivity (Wildman–Crippen MR) is 291 cm³/mol. The summed E-state index contributed by atoms with van der Waals surface area (Å²) in [6.45, 7) is 6.41. The third kappa shape index (κ3) is 49.5. The van der Waals surface area contributed by atoms with Crippen molar-refractivity contribution < 1.29 is 24.5 Å². The molecule has 3 N–H and O–H groups in total. The minimum Gasteiger partial charge on any atom is -0.462 e. The topological polar surface area (TPSA) is 95.9 Å². The van der Waals surface area contributed by atoms with Crippen molar-refractivity contribution >= 4 is 11.9 Å². The van der Waals surface area contributed by atoms with Crippen molar-refractivity contribution in [3.63, 3.8) is 0 Å². The van der Waals surface area contributed by atoms with Crippen LogP contribution < -0.4 is 5.32 Å². The van der Waals surface area contributed by atoms with Crippen LogP contribution in [0.3, 0.4) is 0 Å². The Morgan fingerprint density at radius 1 is 0.433 bits per heavy atom. The molecule has 0 saturated carbocycles. The number of esters is 1. The van der Waals surface area contributed by atoms with Gasteiger partial charge in [-0.2, -0.15) is 0 Å². The van der Waals surface area contributed by atoms with Gasteiger partial charge in [0, 0.05) is 6.42 Å². The lowest BCUT2D eigenvalue weighted by Crippen LogP contribution is -2.46. The molecule has 1 amide bonds. The fourth-order valence-electron chi connectivity index (χ4n) is 8.52. The monoisotopic (exact) mass is 936 g/mol. The summed E-state index contributed by atoms with van der Waals surface area (Å²) in [5.41, 5.74) is 0. The van der Waals surface area contributed by atoms with Crippen LogP contribution >= 0.6 is 0 Å². The van der Waals surface area contributed by atoms with E-state index in [1.165, 1.54) is 135 Å². The molecule has 6 heteroatoms. The zero-order valence-corrected chi connectivity index (χ0v) is 44.3. The molecule has 0 saturated heterocycles. The molecule has 0 aromatic heterocycles. The number of rotatable bonds is 51. The number of hydrogen-bond acceptors (Lipinski definition) is 5. The van der Waals surface area contributed by atoms with Crippen LogP contribution in [0.2, 0.25) is 0 Å². The van der Waals surface area contributed by atoms with E-state index in [-0.39, 0.29) is 24.9 Å². The zero-order valence-electron chi connectivity index (χ0n) is 44.3. The maximum Gasteiger partial charge on any atom is 0.306 e. The summed E-state index contributed by atoms with van der Waals surface area (Å²) in [4.78, 5) is 26.3. The highest BCUT2D eigenvalue weighted by molar-refractivity contribution is 5.77. The lowest BCUT2D eigenvalue weighted by molar-refractivity contribution is -0.151. The first-order chi connectivity index (χ1) is 33.0. The van der Waals surface area contributed by atoms with Gasteiger partial charge in [0.1, 0.15) is 6.10 Å². The SMILES string of the molecule is CCC/C=C/C=C/C=C/C=C/C=C/CCCCCCCC(=O)OC(CCCCC/C=C/CCCCCCCCC)CC(=O)NC(CO)C(O)CCCCCCCCCCCCCCCCCC. The lowest BCUT2D eigenvalue weighted by Gasteiger charge is -2.24. The minimum absolute atomic E-state index is 0.0547. The van der Waals surface area contributed by atoms with E-state index in [2.05, 4.69) is 74.7 Å². The summed E-state index contributed by atoms with van der Waals surface area (Å²) in [5.74, 6) is -0.513. The van der Waals surface area contributed by atoms with Crippen LogP contribution in [0.5, 0.6) is 0 Å². The third-order valence-corrected chi connectivity index (χ3v) is 12.9. The van der Waals surface area contributed by atoms with E-state index in [0.29, 0.717) is 19.3 Å². The molecule has 388 valence electrons. The van der Waals surface area contributed by atoms with Crippen molar-refractivity contribution in [1.29, 1.82) is 0 Å². The van der Waals surface area contributed by atoms with Gasteiger partial charge in [-0.15, -0.1) is 0 Å². The lowest BCUT2D eigenvalue weighted by atomic mass is 10.0. The fraction of sp³-hybridized carbons (Fsp3) is 0.770. The van der Waals surface area contributed by atoms with Gasteiger partial charge in [-0.3, -0.25) is 9.59 Å². The van der Waals surface area contributed by atoms with E-state index in [0.717, 1.165) is 96.3 Å². The van der Waals surface area contributed by atoms with Crippen LogP contribution in [-0.4, -0.2) is 46.9 Å². The van der Waals surface area contributed by atoms with E-state index in [9.17, 15) is 19.8 Å². The third-order valence-electron chi connectivity index (χ3n) is 12.9. The first-order valence-corrected chi connectivity index (χ1v) is 28.7. The number of carbonyl (C=O) groups is 2. The second-order valence-corrected chi connectivity index (χ2v) is 19.5. The Kier molecular flexibility index (Phi) is 52.1. The molecule has 3 unspecified atom stereocenters. The Bertz CT molecular complexity index is 1230. The number of aliphatic hydroxyl groups is 2. The number of aliphatic hydroxyl groups excluding tert-OH is 2. The van der Waals surface area contributed by atoms with Crippen LogP contribution in [-0.2, 0) is 14.3 Å². The number of unbranched alkanes of at least 4 members (excludes halogenated alkanes) is 31. The summed E-state index contributed by atoms with van der Waals surface area (Å²) in [6.07, 6.45) is 69.6.